The van der Waals surface area contributed by atoms with E-state index in [1.807, 2.05) is 0 Å². The van der Waals surface area contributed by atoms with Crippen LogP contribution in [0.3, 0.4) is 0 Å². The van der Waals surface area contributed by atoms with Gasteiger partial charge in [-0.3, -0.25) is 4.79 Å². The zero-order chi connectivity index (χ0) is 23.2. The number of unbranched alkanes of at least 4 members (excludes halogenated alkanes) is 15. The van der Waals surface area contributed by atoms with Crippen LogP contribution in [0.1, 0.15) is 156 Å². The van der Waals surface area contributed by atoms with Crippen molar-refractivity contribution >= 4 is 5.97 Å². The number of aliphatic carboxylic acids is 1. The Kier molecular flexibility index (Phi) is 20.9. The van der Waals surface area contributed by atoms with Gasteiger partial charge in [-0.2, -0.15) is 0 Å². The molecule has 0 fully saturated rings. The van der Waals surface area contributed by atoms with Gasteiger partial charge in [-0.1, -0.05) is 130 Å². The molecule has 0 aromatic heterocycles. The summed E-state index contributed by atoms with van der Waals surface area (Å²) in [6.45, 7) is 9.94. The minimum Gasteiger partial charge on any atom is -0.481 e. The van der Waals surface area contributed by atoms with Gasteiger partial charge < -0.3 is 9.84 Å². The van der Waals surface area contributed by atoms with E-state index < -0.39 is 5.97 Å². The van der Waals surface area contributed by atoms with Crippen molar-refractivity contribution in [2.24, 2.45) is 5.41 Å². The van der Waals surface area contributed by atoms with Crippen molar-refractivity contribution in [2.75, 3.05) is 6.61 Å². The molecule has 3 heteroatoms. The summed E-state index contributed by atoms with van der Waals surface area (Å²) in [5.41, 5.74) is 0.502. The van der Waals surface area contributed by atoms with Gasteiger partial charge in [0.25, 0.3) is 0 Å². The Balaban J connectivity index is 3.44. The molecule has 3 nitrogen and oxygen atoms in total. The van der Waals surface area contributed by atoms with E-state index in [9.17, 15) is 4.79 Å². The second kappa shape index (κ2) is 21.3. The summed E-state index contributed by atoms with van der Waals surface area (Å²) in [4.78, 5) is 11.0. The molecule has 0 radical (unpaired) electrons. The molecular weight excluding hydrogens is 384 g/mol. The first-order valence-corrected chi connectivity index (χ1v) is 13.7. The molecule has 1 atom stereocenters. The maximum absolute atomic E-state index is 11.0. The van der Waals surface area contributed by atoms with Crippen LogP contribution in [0.5, 0.6) is 0 Å². The van der Waals surface area contributed by atoms with E-state index in [4.69, 9.17) is 9.84 Å². The minimum atomic E-state index is -0.733. The number of ether oxygens (including phenoxy) is 1. The lowest BCUT2D eigenvalue weighted by atomic mass is 9.89. The van der Waals surface area contributed by atoms with E-state index in [0.717, 1.165) is 25.9 Å². The molecular formula is C28H56O3. The summed E-state index contributed by atoms with van der Waals surface area (Å²) in [5, 5.41) is 9.09. The van der Waals surface area contributed by atoms with Crippen LogP contribution in [0.2, 0.25) is 0 Å². The summed E-state index contributed by atoms with van der Waals surface area (Å²) >= 11 is 0. The van der Waals surface area contributed by atoms with Crippen LogP contribution in [0.4, 0.5) is 0 Å². The summed E-state index contributed by atoms with van der Waals surface area (Å²) in [5.74, 6) is -0.733. The average Bonchev–Trinajstić information content (AvgIpc) is 2.69. The smallest absolute Gasteiger partial charge is 0.305 e. The van der Waals surface area contributed by atoms with Crippen molar-refractivity contribution in [1.29, 1.82) is 0 Å². The van der Waals surface area contributed by atoms with Gasteiger partial charge in [0.05, 0.1) is 12.5 Å². The fourth-order valence-electron chi connectivity index (χ4n) is 4.19. The van der Waals surface area contributed by atoms with Crippen LogP contribution in [0, 0.1) is 5.41 Å². The second-order valence-electron chi connectivity index (χ2n) is 10.8. The first kappa shape index (κ1) is 30.4. The molecule has 0 spiro atoms. The molecule has 0 aliphatic rings. The normalized spacial score (nSPS) is 12.9. The molecule has 0 aromatic carbocycles. The van der Waals surface area contributed by atoms with Crippen molar-refractivity contribution in [1.82, 2.24) is 0 Å². The Bertz CT molecular complexity index is 386. The SMILES string of the molecule is CCCCCCOC(CCCCCCCCCCCCCCCC(C)(C)C)CC(=O)O. The lowest BCUT2D eigenvalue weighted by molar-refractivity contribution is -0.140. The number of carbonyl (C=O) groups is 1. The standard InChI is InChI=1S/C28H56O3/c1-5-6-7-21-24-31-26(25-27(29)30)22-19-17-15-13-11-9-8-10-12-14-16-18-20-23-28(2,3)4/h26H,5-25H2,1-4H3,(H,29,30). The van der Waals surface area contributed by atoms with E-state index in [1.165, 1.54) is 103 Å². The molecule has 1 N–H and O–H groups in total. The van der Waals surface area contributed by atoms with E-state index >= 15 is 0 Å². The van der Waals surface area contributed by atoms with Crippen LogP contribution in [-0.2, 0) is 9.53 Å². The van der Waals surface area contributed by atoms with Crippen LogP contribution < -0.4 is 0 Å². The quantitative estimate of drug-likeness (QED) is 0.161. The van der Waals surface area contributed by atoms with Gasteiger partial charge in [0, 0.05) is 6.61 Å². The molecule has 1 unspecified atom stereocenters. The molecule has 0 saturated carbocycles. The molecule has 186 valence electrons. The second-order valence-corrected chi connectivity index (χ2v) is 10.8. The van der Waals surface area contributed by atoms with Crippen LogP contribution >= 0.6 is 0 Å². The molecule has 31 heavy (non-hydrogen) atoms. The molecule has 0 aromatic rings. The summed E-state index contributed by atoms with van der Waals surface area (Å²) in [6.07, 6.45) is 24.6. The Morgan fingerprint density at radius 1 is 0.710 bits per heavy atom. The van der Waals surface area contributed by atoms with Crippen molar-refractivity contribution in [3.63, 3.8) is 0 Å². The molecule has 0 bridgehead atoms. The Labute approximate surface area is 195 Å². The number of hydrogen-bond donors (Lipinski definition) is 1. The summed E-state index contributed by atoms with van der Waals surface area (Å²) in [6, 6.07) is 0. The lowest BCUT2D eigenvalue weighted by Crippen LogP contribution is -2.18. The third-order valence-electron chi connectivity index (χ3n) is 6.21. The molecule has 0 amide bonds. The number of carboxylic acid groups (broad SMARTS) is 1. The molecule has 0 aliphatic carbocycles. The third kappa shape index (κ3) is 25.6. The van der Waals surface area contributed by atoms with E-state index in [-0.39, 0.29) is 12.5 Å². The van der Waals surface area contributed by atoms with Gasteiger partial charge in [0.15, 0.2) is 0 Å². The van der Waals surface area contributed by atoms with Gasteiger partial charge in [-0.05, 0) is 24.7 Å². The highest BCUT2D eigenvalue weighted by atomic mass is 16.5. The van der Waals surface area contributed by atoms with Crippen LogP contribution in [0.15, 0.2) is 0 Å². The van der Waals surface area contributed by atoms with Crippen LogP contribution in [0.25, 0.3) is 0 Å². The predicted molar refractivity (Wildman–Crippen MR) is 135 cm³/mol. The van der Waals surface area contributed by atoms with E-state index in [2.05, 4.69) is 27.7 Å². The fraction of sp³-hybridized carbons (Fsp3) is 0.964. The fourth-order valence-corrected chi connectivity index (χ4v) is 4.19. The third-order valence-corrected chi connectivity index (χ3v) is 6.21. The van der Waals surface area contributed by atoms with Crippen molar-refractivity contribution in [3.8, 4) is 0 Å². The average molecular weight is 441 g/mol. The minimum absolute atomic E-state index is 0.0902. The maximum Gasteiger partial charge on any atom is 0.305 e. The van der Waals surface area contributed by atoms with Gasteiger partial charge >= 0.3 is 5.97 Å². The first-order valence-electron chi connectivity index (χ1n) is 13.7. The van der Waals surface area contributed by atoms with Gasteiger partial charge in [-0.25, -0.2) is 0 Å². The predicted octanol–water partition coefficient (Wildman–Crippen LogP) is 9.32. The highest BCUT2D eigenvalue weighted by Crippen LogP contribution is 2.22. The zero-order valence-corrected chi connectivity index (χ0v) is 21.7. The number of rotatable bonds is 23. The highest BCUT2D eigenvalue weighted by Gasteiger charge is 2.13. The zero-order valence-electron chi connectivity index (χ0n) is 21.7. The largest absolute Gasteiger partial charge is 0.481 e. The molecule has 0 aliphatic heterocycles. The van der Waals surface area contributed by atoms with Crippen molar-refractivity contribution < 1.29 is 14.6 Å². The van der Waals surface area contributed by atoms with Gasteiger partial charge in [0.2, 0.25) is 0 Å². The Morgan fingerprint density at radius 3 is 1.61 bits per heavy atom. The monoisotopic (exact) mass is 440 g/mol. The van der Waals surface area contributed by atoms with E-state index in [1.54, 1.807) is 0 Å². The van der Waals surface area contributed by atoms with Gasteiger partial charge in [-0.15, -0.1) is 0 Å². The molecule has 0 saturated heterocycles. The Hall–Kier alpha value is -0.570. The number of carboxylic acids is 1. The van der Waals surface area contributed by atoms with Gasteiger partial charge in [0.1, 0.15) is 0 Å². The number of hydrogen-bond acceptors (Lipinski definition) is 2. The van der Waals surface area contributed by atoms with Crippen molar-refractivity contribution in [3.05, 3.63) is 0 Å². The maximum atomic E-state index is 11.0. The highest BCUT2D eigenvalue weighted by molar-refractivity contribution is 5.67. The molecule has 0 rings (SSSR count). The van der Waals surface area contributed by atoms with Crippen molar-refractivity contribution in [2.45, 2.75) is 162 Å². The topological polar surface area (TPSA) is 46.5 Å². The Morgan fingerprint density at radius 2 is 1.16 bits per heavy atom. The lowest BCUT2D eigenvalue weighted by Gasteiger charge is -2.17. The molecule has 0 heterocycles. The van der Waals surface area contributed by atoms with E-state index in [0.29, 0.717) is 5.41 Å². The summed E-state index contributed by atoms with van der Waals surface area (Å²) in [7, 11) is 0. The van der Waals surface area contributed by atoms with Crippen LogP contribution in [-0.4, -0.2) is 23.8 Å². The first-order chi connectivity index (χ1) is 14.8. The summed E-state index contributed by atoms with van der Waals surface area (Å²) < 4.78 is 5.85.